The van der Waals surface area contributed by atoms with Crippen molar-refractivity contribution in [1.29, 1.82) is 0 Å². The van der Waals surface area contributed by atoms with Gasteiger partial charge in [0.25, 0.3) is 5.82 Å². The van der Waals surface area contributed by atoms with Crippen LogP contribution in [0.1, 0.15) is 10.6 Å². The second kappa shape index (κ2) is 6.29. The van der Waals surface area contributed by atoms with Crippen molar-refractivity contribution in [3.05, 3.63) is 40.9 Å². The molecule has 104 valence electrons. The van der Waals surface area contributed by atoms with Crippen molar-refractivity contribution >= 4 is 33.5 Å². The molecule has 1 heterocycles. The summed E-state index contributed by atoms with van der Waals surface area (Å²) in [5.74, 6) is -1.01. The highest BCUT2D eigenvalue weighted by Gasteiger charge is 2.13. The number of para-hydroxylation sites is 1. The van der Waals surface area contributed by atoms with Crippen LogP contribution in [-0.2, 0) is 16.1 Å². The molecule has 1 aromatic carbocycles. The molecule has 0 unspecified atom stereocenters. The van der Waals surface area contributed by atoms with E-state index in [1.807, 2.05) is 18.2 Å². The maximum Gasteiger partial charge on any atom is 0.377 e. The molecule has 0 atom stereocenters. The number of anilines is 1. The molecule has 1 aromatic heterocycles. The molecule has 0 bridgehead atoms. The van der Waals surface area contributed by atoms with E-state index in [0.29, 0.717) is 5.69 Å². The monoisotopic (exact) mass is 338 g/mol. The van der Waals surface area contributed by atoms with Crippen LogP contribution in [0.15, 0.2) is 35.1 Å². The number of methoxy groups -OCH3 is 1. The SMILES string of the molecule is COC(=O)c1ncn(CC(=O)Nc2ccccc2Br)n1. The van der Waals surface area contributed by atoms with Crippen LogP contribution in [0.25, 0.3) is 0 Å². The molecule has 0 aliphatic heterocycles. The summed E-state index contributed by atoms with van der Waals surface area (Å²) in [6, 6.07) is 7.24. The van der Waals surface area contributed by atoms with E-state index in [9.17, 15) is 9.59 Å². The predicted octanol–water partition coefficient (Wildman–Crippen LogP) is 1.47. The third kappa shape index (κ3) is 3.41. The number of benzene rings is 1. The molecule has 0 aliphatic carbocycles. The zero-order chi connectivity index (χ0) is 14.5. The number of ether oxygens (including phenoxy) is 1. The summed E-state index contributed by atoms with van der Waals surface area (Å²) in [5.41, 5.74) is 0.658. The average molecular weight is 339 g/mol. The minimum Gasteiger partial charge on any atom is -0.463 e. The Bertz CT molecular complexity index is 641. The van der Waals surface area contributed by atoms with Gasteiger partial charge in [0.2, 0.25) is 5.91 Å². The molecule has 7 nitrogen and oxygen atoms in total. The summed E-state index contributed by atoms with van der Waals surface area (Å²) in [6.45, 7) is -0.0503. The first-order valence-corrected chi connectivity index (χ1v) is 6.41. The average Bonchev–Trinajstić information content (AvgIpc) is 2.89. The maximum atomic E-state index is 11.8. The first kappa shape index (κ1) is 14.2. The number of halogens is 1. The van der Waals surface area contributed by atoms with Gasteiger partial charge in [-0.3, -0.25) is 4.79 Å². The molecule has 0 spiro atoms. The lowest BCUT2D eigenvalue weighted by Crippen LogP contribution is -2.19. The van der Waals surface area contributed by atoms with Crippen molar-refractivity contribution in [1.82, 2.24) is 14.8 Å². The second-order valence-corrected chi connectivity index (χ2v) is 4.64. The first-order chi connectivity index (χ1) is 9.60. The first-order valence-electron chi connectivity index (χ1n) is 5.62. The van der Waals surface area contributed by atoms with Crippen molar-refractivity contribution in [3.8, 4) is 0 Å². The number of nitrogens with zero attached hydrogens (tertiary/aromatic N) is 3. The molecular weight excluding hydrogens is 328 g/mol. The van der Waals surface area contributed by atoms with Gasteiger partial charge in [0, 0.05) is 4.47 Å². The second-order valence-electron chi connectivity index (χ2n) is 3.79. The predicted molar refractivity (Wildman–Crippen MR) is 74.1 cm³/mol. The fourth-order valence-corrected chi connectivity index (χ4v) is 1.84. The lowest BCUT2D eigenvalue weighted by Gasteiger charge is -2.06. The smallest absolute Gasteiger partial charge is 0.377 e. The zero-order valence-electron chi connectivity index (χ0n) is 10.5. The van der Waals surface area contributed by atoms with Gasteiger partial charge in [-0.25, -0.2) is 14.5 Å². The molecule has 2 rings (SSSR count). The quantitative estimate of drug-likeness (QED) is 0.853. The molecule has 0 radical (unpaired) electrons. The van der Waals surface area contributed by atoms with E-state index in [4.69, 9.17) is 0 Å². The summed E-state index contributed by atoms with van der Waals surface area (Å²) in [4.78, 5) is 26.8. The summed E-state index contributed by atoms with van der Waals surface area (Å²) < 4.78 is 6.52. The minimum atomic E-state index is -0.644. The van der Waals surface area contributed by atoms with Gasteiger partial charge >= 0.3 is 5.97 Å². The van der Waals surface area contributed by atoms with Crippen molar-refractivity contribution in [2.75, 3.05) is 12.4 Å². The van der Waals surface area contributed by atoms with Crippen LogP contribution in [0, 0.1) is 0 Å². The third-order valence-corrected chi connectivity index (χ3v) is 3.05. The van der Waals surface area contributed by atoms with Crippen molar-refractivity contribution in [2.24, 2.45) is 0 Å². The lowest BCUT2D eigenvalue weighted by molar-refractivity contribution is -0.116. The molecule has 0 fully saturated rings. The Morgan fingerprint density at radius 2 is 2.15 bits per heavy atom. The fraction of sp³-hybridized carbons (Fsp3) is 0.167. The summed E-state index contributed by atoms with van der Waals surface area (Å²) in [6.07, 6.45) is 1.30. The molecule has 8 heteroatoms. The van der Waals surface area contributed by atoms with Crippen LogP contribution in [0.4, 0.5) is 5.69 Å². The number of hydrogen-bond acceptors (Lipinski definition) is 5. The minimum absolute atomic E-state index is 0.0503. The molecule has 0 saturated heterocycles. The van der Waals surface area contributed by atoms with E-state index in [1.165, 1.54) is 18.1 Å². The highest BCUT2D eigenvalue weighted by Crippen LogP contribution is 2.20. The fourth-order valence-electron chi connectivity index (χ4n) is 1.46. The number of carbonyl (C=O) groups excluding carboxylic acids is 2. The highest BCUT2D eigenvalue weighted by atomic mass is 79.9. The Kier molecular flexibility index (Phi) is 4.46. The van der Waals surface area contributed by atoms with Crippen molar-refractivity contribution in [2.45, 2.75) is 6.54 Å². The Morgan fingerprint density at radius 3 is 2.85 bits per heavy atom. The topological polar surface area (TPSA) is 86.1 Å². The highest BCUT2D eigenvalue weighted by molar-refractivity contribution is 9.10. The van der Waals surface area contributed by atoms with Gasteiger partial charge in [-0.1, -0.05) is 12.1 Å². The van der Waals surface area contributed by atoms with Gasteiger partial charge in [0.15, 0.2) is 0 Å². The Morgan fingerprint density at radius 1 is 1.40 bits per heavy atom. The number of nitrogens with one attached hydrogen (secondary N) is 1. The van der Waals surface area contributed by atoms with Gasteiger partial charge in [-0.2, -0.15) is 0 Å². The van der Waals surface area contributed by atoms with Crippen LogP contribution in [0.3, 0.4) is 0 Å². The molecule has 2 aromatic rings. The van der Waals surface area contributed by atoms with Crippen LogP contribution >= 0.6 is 15.9 Å². The summed E-state index contributed by atoms with van der Waals surface area (Å²) in [7, 11) is 1.24. The number of esters is 1. The van der Waals surface area contributed by atoms with Gasteiger partial charge in [-0.15, -0.1) is 5.10 Å². The Hall–Kier alpha value is -2.22. The van der Waals surface area contributed by atoms with Gasteiger partial charge in [0.1, 0.15) is 12.9 Å². The molecule has 0 saturated carbocycles. The zero-order valence-corrected chi connectivity index (χ0v) is 12.1. The number of amides is 1. The third-order valence-electron chi connectivity index (χ3n) is 2.36. The largest absolute Gasteiger partial charge is 0.463 e. The van der Waals surface area contributed by atoms with Crippen LogP contribution < -0.4 is 5.32 Å². The number of rotatable bonds is 4. The standard InChI is InChI=1S/C12H11BrN4O3/c1-20-12(19)11-14-7-17(16-11)6-10(18)15-9-5-3-2-4-8(9)13/h2-5,7H,6H2,1H3,(H,15,18). The maximum absolute atomic E-state index is 11.8. The molecule has 0 aliphatic rings. The van der Waals surface area contributed by atoms with Gasteiger partial charge < -0.3 is 10.1 Å². The van der Waals surface area contributed by atoms with E-state index in [1.54, 1.807) is 6.07 Å². The van der Waals surface area contributed by atoms with E-state index in [2.05, 4.69) is 36.1 Å². The number of aromatic nitrogens is 3. The van der Waals surface area contributed by atoms with Crippen molar-refractivity contribution in [3.63, 3.8) is 0 Å². The van der Waals surface area contributed by atoms with Gasteiger partial charge in [0.05, 0.1) is 12.8 Å². The molecule has 1 N–H and O–H groups in total. The van der Waals surface area contributed by atoms with Crippen molar-refractivity contribution < 1.29 is 14.3 Å². The number of hydrogen-bond donors (Lipinski definition) is 1. The van der Waals surface area contributed by atoms with E-state index < -0.39 is 5.97 Å². The van der Waals surface area contributed by atoms with Crippen LogP contribution in [0.2, 0.25) is 0 Å². The Labute approximate surface area is 123 Å². The molecule has 20 heavy (non-hydrogen) atoms. The molecular formula is C12H11BrN4O3. The lowest BCUT2D eigenvalue weighted by atomic mass is 10.3. The van der Waals surface area contributed by atoms with Crippen LogP contribution in [0.5, 0.6) is 0 Å². The van der Waals surface area contributed by atoms with Crippen LogP contribution in [-0.4, -0.2) is 33.8 Å². The number of carbonyl (C=O) groups is 2. The van der Waals surface area contributed by atoms with E-state index in [-0.39, 0.29) is 18.3 Å². The summed E-state index contributed by atoms with van der Waals surface area (Å²) >= 11 is 3.33. The summed E-state index contributed by atoms with van der Waals surface area (Å²) in [5, 5.41) is 6.56. The molecule has 1 amide bonds. The normalized spacial score (nSPS) is 10.1. The van der Waals surface area contributed by atoms with E-state index in [0.717, 1.165) is 4.47 Å². The van der Waals surface area contributed by atoms with Gasteiger partial charge in [-0.05, 0) is 28.1 Å². The van der Waals surface area contributed by atoms with E-state index >= 15 is 0 Å². The Balaban J connectivity index is 2.00.